The summed E-state index contributed by atoms with van der Waals surface area (Å²) in [5.74, 6) is 0. The number of likely N-dealkylation sites (N-methyl/N-ethyl adjacent to an activating group) is 1. The van der Waals surface area contributed by atoms with E-state index < -0.39 is 0 Å². The third-order valence-electron chi connectivity index (χ3n) is 5.05. The molecule has 2 heterocycles. The molecule has 0 N–H and O–H groups in total. The van der Waals surface area contributed by atoms with Crippen LogP contribution < -0.4 is 0 Å². The molecule has 1 saturated carbocycles. The zero-order valence-electron chi connectivity index (χ0n) is 14.4. The molecule has 1 aromatic heterocycles. The van der Waals surface area contributed by atoms with Crippen LogP contribution in [0.2, 0.25) is 0 Å². The van der Waals surface area contributed by atoms with Crippen molar-refractivity contribution in [3.63, 3.8) is 0 Å². The molecule has 1 aliphatic carbocycles. The monoisotopic (exact) mass is 319 g/mol. The van der Waals surface area contributed by atoms with Crippen LogP contribution >= 0.6 is 0 Å². The number of nitrogens with zero attached hydrogens (tertiary/aromatic N) is 3. The molecule has 0 spiro atoms. The maximum absolute atomic E-state index is 5.87. The number of methoxy groups -OCH3 is 1. The van der Waals surface area contributed by atoms with Gasteiger partial charge in [-0.25, -0.2) is 0 Å². The first-order valence-electron chi connectivity index (χ1n) is 8.79. The smallest absolute Gasteiger partial charge is 0.0735 e. The van der Waals surface area contributed by atoms with Gasteiger partial charge in [-0.15, -0.1) is 0 Å². The summed E-state index contributed by atoms with van der Waals surface area (Å²) in [7, 11) is 1.77. The molecule has 2 fully saturated rings. The fourth-order valence-corrected chi connectivity index (χ4v) is 3.19. The maximum Gasteiger partial charge on any atom is 0.0735 e. The Morgan fingerprint density at radius 2 is 1.83 bits per heavy atom. The molecule has 0 aromatic carbocycles. The van der Waals surface area contributed by atoms with Gasteiger partial charge in [-0.2, -0.15) is 0 Å². The molecule has 3 rings (SSSR count). The van der Waals surface area contributed by atoms with Gasteiger partial charge in [0.15, 0.2) is 0 Å². The molecule has 0 unspecified atom stereocenters. The van der Waals surface area contributed by atoms with Gasteiger partial charge in [0.25, 0.3) is 0 Å². The number of pyridine rings is 1. The van der Waals surface area contributed by atoms with E-state index in [4.69, 9.17) is 9.47 Å². The SMILES string of the molecule is CCN1CCN(Cc2ccc(COC3CC(OC)C3)cn2)CC1. The molecule has 0 amide bonds. The van der Waals surface area contributed by atoms with Crippen LogP contribution in [0.25, 0.3) is 0 Å². The fourth-order valence-electron chi connectivity index (χ4n) is 3.19. The molecule has 23 heavy (non-hydrogen) atoms. The van der Waals surface area contributed by atoms with Crippen molar-refractivity contribution >= 4 is 0 Å². The van der Waals surface area contributed by atoms with Gasteiger partial charge in [-0.05, 0) is 31.0 Å². The van der Waals surface area contributed by atoms with Gasteiger partial charge in [0.1, 0.15) is 0 Å². The number of rotatable bonds is 7. The first-order valence-corrected chi connectivity index (χ1v) is 8.79. The van der Waals surface area contributed by atoms with Crippen molar-refractivity contribution in [2.45, 2.75) is 45.1 Å². The largest absolute Gasteiger partial charge is 0.381 e. The zero-order valence-corrected chi connectivity index (χ0v) is 14.4. The molecule has 5 nitrogen and oxygen atoms in total. The molecule has 1 saturated heterocycles. The van der Waals surface area contributed by atoms with E-state index >= 15 is 0 Å². The van der Waals surface area contributed by atoms with Gasteiger partial charge < -0.3 is 14.4 Å². The number of piperazine rings is 1. The Balaban J connectivity index is 1.39. The number of aromatic nitrogens is 1. The van der Waals surface area contributed by atoms with Crippen molar-refractivity contribution in [2.24, 2.45) is 0 Å². The molecular weight excluding hydrogens is 290 g/mol. The van der Waals surface area contributed by atoms with Gasteiger partial charge in [-0.1, -0.05) is 13.0 Å². The van der Waals surface area contributed by atoms with Crippen LogP contribution in [0.4, 0.5) is 0 Å². The summed E-state index contributed by atoms with van der Waals surface area (Å²) in [6.07, 6.45) is 4.75. The minimum absolute atomic E-state index is 0.356. The lowest BCUT2D eigenvalue weighted by atomic mass is 9.92. The van der Waals surface area contributed by atoms with Crippen LogP contribution in [-0.4, -0.2) is 66.8 Å². The second-order valence-corrected chi connectivity index (χ2v) is 6.63. The normalized spacial score (nSPS) is 26.2. The molecule has 0 bridgehead atoms. The van der Waals surface area contributed by atoms with Crippen molar-refractivity contribution in [3.05, 3.63) is 29.6 Å². The number of ether oxygens (including phenoxy) is 2. The van der Waals surface area contributed by atoms with Gasteiger partial charge in [0.2, 0.25) is 0 Å². The van der Waals surface area contributed by atoms with E-state index in [1.165, 1.54) is 13.1 Å². The van der Waals surface area contributed by atoms with Crippen LogP contribution in [0, 0.1) is 0 Å². The Labute approximate surface area is 139 Å². The predicted molar refractivity (Wildman–Crippen MR) is 90.2 cm³/mol. The Morgan fingerprint density at radius 1 is 1.09 bits per heavy atom. The summed E-state index contributed by atoms with van der Waals surface area (Å²) < 4.78 is 11.1. The molecule has 2 aliphatic rings. The average molecular weight is 319 g/mol. The van der Waals surface area contributed by atoms with Gasteiger partial charge in [0.05, 0.1) is 24.5 Å². The van der Waals surface area contributed by atoms with Gasteiger partial charge in [-0.3, -0.25) is 9.88 Å². The van der Waals surface area contributed by atoms with Crippen LogP contribution in [0.5, 0.6) is 0 Å². The molecule has 5 heteroatoms. The van der Waals surface area contributed by atoms with E-state index in [0.717, 1.165) is 50.3 Å². The van der Waals surface area contributed by atoms with Crippen molar-refractivity contribution < 1.29 is 9.47 Å². The van der Waals surface area contributed by atoms with Crippen molar-refractivity contribution in [1.82, 2.24) is 14.8 Å². The van der Waals surface area contributed by atoms with E-state index in [-0.39, 0.29) is 0 Å². The molecule has 1 aromatic rings. The second-order valence-electron chi connectivity index (χ2n) is 6.63. The first-order chi connectivity index (χ1) is 11.3. The topological polar surface area (TPSA) is 37.8 Å². The second kappa shape index (κ2) is 8.20. The molecule has 1 aliphatic heterocycles. The molecule has 128 valence electrons. The number of hydrogen-bond acceptors (Lipinski definition) is 5. The van der Waals surface area contributed by atoms with Crippen molar-refractivity contribution in [2.75, 3.05) is 39.8 Å². The molecule has 0 atom stereocenters. The lowest BCUT2D eigenvalue weighted by Crippen LogP contribution is -2.45. The van der Waals surface area contributed by atoms with Gasteiger partial charge >= 0.3 is 0 Å². The van der Waals surface area contributed by atoms with Crippen molar-refractivity contribution in [3.8, 4) is 0 Å². The molecule has 0 radical (unpaired) electrons. The van der Waals surface area contributed by atoms with Gasteiger partial charge in [0, 0.05) is 46.0 Å². The van der Waals surface area contributed by atoms with Crippen LogP contribution in [0.15, 0.2) is 18.3 Å². The lowest BCUT2D eigenvalue weighted by molar-refractivity contribution is -0.0929. The van der Waals surface area contributed by atoms with Crippen LogP contribution in [0.1, 0.15) is 31.0 Å². The Morgan fingerprint density at radius 3 is 2.43 bits per heavy atom. The van der Waals surface area contributed by atoms with E-state index in [9.17, 15) is 0 Å². The van der Waals surface area contributed by atoms with E-state index in [0.29, 0.717) is 18.8 Å². The quantitative estimate of drug-likeness (QED) is 0.767. The lowest BCUT2D eigenvalue weighted by Gasteiger charge is -2.34. The minimum Gasteiger partial charge on any atom is -0.381 e. The third kappa shape index (κ3) is 4.73. The first kappa shape index (κ1) is 16.8. The highest BCUT2D eigenvalue weighted by atomic mass is 16.5. The fraction of sp³-hybridized carbons (Fsp3) is 0.722. The van der Waals surface area contributed by atoms with Crippen LogP contribution in [-0.2, 0) is 22.6 Å². The summed E-state index contributed by atoms with van der Waals surface area (Å²) in [5, 5.41) is 0. The van der Waals surface area contributed by atoms with E-state index in [2.05, 4.69) is 33.8 Å². The van der Waals surface area contributed by atoms with Crippen LogP contribution in [0.3, 0.4) is 0 Å². The zero-order chi connectivity index (χ0) is 16.1. The highest BCUT2D eigenvalue weighted by molar-refractivity contribution is 5.13. The Hall–Kier alpha value is -1.01. The maximum atomic E-state index is 5.87. The van der Waals surface area contributed by atoms with Crippen molar-refractivity contribution in [1.29, 1.82) is 0 Å². The summed E-state index contributed by atoms with van der Waals surface area (Å²) in [6, 6.07) is 4.29. The number of hydrogen-bond donors (Lipinski definition) is 0. The van der Waals surface area contributed by atoms with E-state index in [1.807, 2.05) is 6.20 Å². The van der Waals surface area contributed by atoms with E-state index in [1.54, 1.807) is 7.11 Å². The predicted octanol–water partition coefficient (Wildman–Crippen LogP) is 1.91. The standard InChI is InChI=1S/C18H29N3O2/c1-3-20-6-8-21(9-7-20)13-16-5-4-15(12-19-16)14-23-18-10-17(11-18)22-2/h4-5,12,17-18H,3,6-11,13-14H2,1-2H3. The summed E-state index contributed by atoms with van der Waals surface area (Å²) in [5.41, 5.74) is 2.31. The summed E-state index contributed by atoms with van der Waals surface area (Å²) >= 11 is 0. The Bertz CT molecular complexity index is 466. The average Bonchev–Trinajstić information content (AvgIpc) is 2.56. The Kier molecular flexibility index (Phi) is 6.00. The highest BCUT2D eigenvalue weighted by Crippen LogP contribution is 2.26. The summed E-state index contributed by atoms with van der Waals surface area (Å²) in [6.45, 7) is 9.63. The molecular formula is C18H29N3O2. The summed E-state index contributed by atoms with van der Waals surface area (Å²) in [4.78, 5) is 9.59. The highest BCUT2D eigenvalue weighted by Gasteiger charge is 2.29. The third-order valence-corrected chi connectivity index (χ3v) is 5.05. The minimum atomic E-state index is 0.356.